The van der Waals surface area contributed by atoms with Gasteiger partial charge in [-0.3, -0.25) is 4.99 Å². The lowest BCUT2D eigenvalue weighted by atomic mass is 10.2. The lowest BCUT2D eigenvalue weighted by Crippen LogP contribution is -1.82. The number of hydrogen-bond acceptors (Lipinski definition) is 1. The van der Waals surface area contributed by atoms with Gasteiger partial charge in [-0.05, 0) is 42.3 Å². The molecule has 1 nitrogen and oxygen atoms in total. The number of benzene rings is 2. The summed E-state index contributed by atoms with van der Waals surface area (Å²) in [6, 6.07) is 11.7. The molecule has 0 aliphatic rings. The highest BCUT2D eigenvalue weighted by molar-refractivity contribution is 6.30. The summed E-state index contributed by atoms with van der Waals surface area (Å²) in [5, 5.41) is 0.654. The molecule has 0 radical (unpaired) electrons. The zero-order chi connectivity index (χ0) is 12.3. The summed E-state index contributed by atoms with van der Waals surface area (Å²) in [5.74, 6) is -0.249. The Bertz CT molecular complexity index is 547. The largest absolute Gasteiger partial charge is 0.256 e. The summed E-state index contributed by atoms with van der Waals surface area (Å²) in [7, 11) is 0. The van der Waals surface area contributed by atoms with E-state index >= 15 is 0 Å². The van der Waals surface area contributed by atoms with Crippen molar-refractivity contribution < 1.29 is 4.39 Å². The van der Waals surface area contributed by atoms with E-state index in [1.165, 1.54) is 12.1 Å². The highest BCUT2D eigenvalue weighted by Crippen LogP contribution is 2.22. The maximum absolute atomic E-state index is 12.7. The third-order valence-corrected chi connectivity index (χ3v) is 2.63. The van der Waals surface area contributed by atoms with Crippen LogP contribution in [-0.4, -0.2) is 6.21 Å². The van der Waals surface area contributed by atoms with Crippen LogP contribution in [0.5, 0.6) is 0 Å². The topological polar surface area (TPSA) is 12.4 Å². The molecule has 0 fully saturated rings. The molecule has 0 atom stereocenters. The molecule has 0 aliphatic carbocycles. The predicted molar refractivity (Wildman–Crippen MR) is 69.8 cm³/mol. The van der Waals surface area contributed by atoms with Crippen molar-refractivity contribution >= 4 is 23.5 Å². The SMILES string of the molecule is Cc1ccc(Cl)cc1N=Cc1ccc(F)cc1. The van der Waals surface area contributed by atoms with Crippen molar-refractivity contribution in [3.05, 3.63) is 64.4 Å². The molecule has 17 heavy (non-hydrogen) atoms. The van der Waals surface area contributed by atoms with Gasteiger partial charge in [0, 0.05) is 11.2 Å². The van der Waals surface area contributed by atoms with E-state index in [-0.39, 0.29) is 5.82 Å². The molecule has 0 spiro atoms. The molecular formula is C14H11ClFN. The second-order valence-corrected chi connectivity index (χ2v) is 4.18. The minimum atomic E-state index is -0.249. The Kier molecular flexibility index (Phi) is 3.55. The van der Waals surface area contributed by atoms with Crippen molar-refractivity contribution in [2.24, 2.45) is 4.99 Å². The number of nitrogens with zero attached hydrogens (tertiary/aromatic N) is 1. The van der Waals surface area contributed by atoms with Crippen LogP contribution in [0, 0.1) is 12.7 Å². The summed E-state index contributed by atoms with van der Waals surface area (Å²) >= 11 is 5.90. The van der Waals surface area contributed by atoms with Crippen LogP contribution in [0.15, 0.2) is 47.5 Å². The van der Waals surface area contributed by atoms with Gasteiger partial charge in [0.05, 0.1) is 5.69 Å². The van der Waals surface area contributed by atoms with Crippen molar-refractivity contribution in [2.45, 2.75) is 6.92 Å². The van der Waals surface area contributed by atoms with Crippen LogP contribution in [-0.2, 0) is 0 Å². The van der Waals surface area contributed by atoms with Crippen LogP contribution in [0.3, 0.4) is 0 Å². The summed E-state index contributed by atoms with van der Waals surface area (Å²) in [6.45, 7) is 1.97. The molecule has 0 amide bonds. The third-order valence-electron chi connectivity index (χ3n) is 2.39. The molecule has 0 aromatic heterocycles. The first-order valence-corrected chi connectivity index (χ1v) is 5.59. The second-order valence-electron chi connectivity index (χ2n) is 3.74. The van der Waals surface area contributed by atoms with E-state index in [9.17, 15) is 4.39 Å². The zero-order valence-corrected chi connectivity index (χ0v) is 10.1. The van der Waals surface area contributed by atoms with Crippen LogP contribution in [0.25, 0.3) is 0 Å². The molecule has 86 valence electrons. The Labute approximate surface area is 105 Å². The van der Waals surface area contributed by atoms with Crippen LogP contribution in [0.1, 0.15) is 11.1 Å². The van der Waals surface area contributed by atoms with E-state index in [2.05, 4.69) is 4.99 Å². The van der Waals surface area contributed by atoms with Crippen molar-refractivity contribution in [2.75, 3.05) is 0 Å². The van der Waals surface area contributed by atoms with Crippen LogP contribution in [0.4, 0.5) is 10.1 Å². The van der Waals surface area contributed by atoms with E-state index in [4.69, 9.17) is 11.6 Å². The van der Waals surface area contributed by atoms with E-state index in [0.717, 1.165) is 16.8 Å². The quantitative estimate of drug-likeness (QED) is 0.691. The Hall–Kier alpha value is -1.67. The minimum absolute atomic E-state index is 0.249. The summed E-state index contributed by atoms with van der Waals surface area (Å²) < 4.78 is 12.7. The minimum Gasteiger partial charge on any atom is -0.256 e. The lowest BCUT2D eigenvalue weighted by Gasteiger charge is -2.00. The Balaban J connectivity index is 2.25. The zero-order valence-electron chi connectivity index (χ0n) is 9.32. The first kappa shape index (κ1) is 11.8. The highest BCUT2D eigenvalue weighted by atomic mass is 35.5. The van der Waals surface area contributed by atoms with Gasteiger partial charge in [-0.25, -0.2) is 4.39 Å². The monoisotopic (exact) mass is 247 g/mol. The summed E-state index contributed by atoms with van der Waals surface area (Å²) in [6.07, 6.45) is 1.69. The number of hydrogen-bond donors (Lipinski definition) is 0. The first-order valence-electron chi connectivity index (χ1n) is 5.21. The van der Waals surface area contributed by atoms with E-state index in [1.54, 1.807) is 24.4 Å². The van der Waals surface area contributed by atoms with Gasteiger partial charge in [-0.2, -0.15) is 0 Å². The van der Waals surface area contributed by atoms with Crippen LogP contribution >= 0.6 is 11.6 Å². The smallest absolute Gasteiger partial charge is 0.123 e. The molecule has 2 rings (SSSR count). The standard InChI is InChI=1S/C14H11ClFN/c1-10-2-5-12(15)8-14(10)17-9-11-3-6-13(16)7-4-11/h2-9H,1H3. The maximum Gasteiger partial charge on any atom is 0.123 e. The van der Waals surface area contributed by atoms with Gasteiger partial charge in [-0.1, -0.05) is 29.8 Å². The van der Waals surface area contributed by atoms with Crippen LogP contribution in [0.2, 0.25) is 5.02 Å². The molecule has 0 saturated heterocycles. The summed E-state index contributed by atoms with van der Waals surface area (Å²) in [4.78, 5) is 4.33. The van der Waals surface area contributed by atoms with Crippen LogP contribution < -0.4 is 0 Å². The molecule has 0 unspecified atom stereocenters. The van der Waals surface area contributed by atoms with Gasteiger partial charge in [-0.15, -0.1) is 0 Å². The normalized spacial score (nSPS) is 11.0. The molecule has 0 saturated carbocycles. The maximum atomic E-state index is 12.7. The molecule has 3 heteroatoms. The molecule has 0 aliphatic heterocycles. The van der Waals surface area contributed by atoms with E-state index in [0.29, 0.717) is 5.02 Å². The molecule has 0 bridgehead atoms. The van der Waals surface area contributed by atoms with Gasteiger partial charge in [0.2, 0.25) is 0 Å². The van der Waals surface area contributed by atoms with Gasteiger partial charge < -0.3 is 0 Å². The van der Waals surface area contributed by atoms with Crippen molar-refractivity contribution in [3.63, 3.8) is 0 Å². The lowest BCUT2D eigenvalue weighted by molar-refractivity contribution is 0.628. The molecule has 2 aromatic carbocycles. The molecule has 2 aromatic rings. The fourth-order valence-corrected chi connectivity index (χ4v) is 1.58. The second kappa shape index (κ2) is 5.11. The molecular weight excluding hydrogens is 237 g/mol. The third kappa shape index (κ3) is 3.14. The number of halogens is 2. The average Bonchev–Trinajstić information content (AvgIpc) is 2.32. The molecule has 0 heterocycles. The number of rotatable bonds is 2. The average molecular weight is 248 g/mol. The first-order chi connectivity index (χ1) is 8.15. The Morgan fingerprint density at radius 3 is 2.53 bits per heavy atom. The van der Waals surface area contributed by atoms with E-state index < -0.39 is 0 Å². The Morgan fingerprint density at radius 2 is 1.82 bits per heavy atom. The summed E-state index contributed by atoms with van der Waals surface area (Å²) in [5.41, 5.74) is 2.72. The van der Waals surface area contributed by atoms with Gasteiger partial charge in [0.15, 0.2) is 0 Å². The van der Waals surface area contributed by atoms with Crippen molar-refractivity contribution in [1.29, 1.82) is 0 Å². The fraction of sp³-hybridized carbons (Fsp3) is 0.0714. The van der Waals surface area contributed by atoms with Crippen molar-refractivity contribution in [3.8, 4) is 0 Å². The fourth-order valence-electron chi connectivity index (χ4n) is 1.41. The van der Waals surface area contributed by atoms with Gasteiger partial charge in [0.25, 0.3) is 0 Å². The molecule has 0 N–H and O–H groups in total. The van der Waals surface area contributed by atoms with E-state index in [1.807, 2.05) is 19.1 Å². The highest BCUT2D eigenvalue weighted by Gasteiger charge is 1.96. The van der Waals surface area contributed by atoms with Gasteiger partial charge >= 0.3 is 0 Å². The predicted octanol–water partition coefficient (Wildman–Crippen LogP) is 4.54. The number of aliphatic imine (C=N–C) groups is 1. The van der Waals surface area contributed by atoms with Crippen molar-refractivity contribution in [1.82, 2.24) is 0 Å². The van der Waals surface area contributed by atoms with Gasteiger partial charge in [0.1, 0.15) is 5.82 Å². The Morgan fingerprint density at radius 1 is 1.12 bits per heavy atom. The number of aryl methyl sites for hydroxylation is 1.